The summed E-state index contributed by atoms with van der Waals surface area (Å²) >= 11 is 8.86. The van der Waals surface area contributed by atoms with E-state index in [0.29, 0.717) is 26.6 Å². The lowest BCUT2D eigenvalue weighted by Crippen LogP contribution is -2.16. The van der Waals surface area contributed by atoms with Crippen LogP contribution in [0.4, 0.5) is 5.69 Å². The van der Waals surface area contributed by atoms with Crippen molar-refractivity contribution in [1.82, 2.24) is 4.57 Å². The Hall–Kier alpha value is -2.55. The third-order valence-electron chi connectivity index (χ3n) is 4.37. The van der Waals surface area contributed by atoms with Crippen LogP contribution in [0.5, 0.6) is 0 Å². The van der Waals surface area contributed by atoms with E-state index in [2.05, 4.69) is 4.99 Å². The summed E-state index contributed by atoms with van der Waals surface area (Å²) in [5.41, 5.74) is 2.06. The van der Waals surface area contributed by atoms with Gasteiger partial charge in [0.15, 0.2) is 4.80 Å². The van der Waals surface area contributed by atoms with Crippen molar-refractivity contribution in [3.63, 3.8) is 0 Å². The summed E-state index contributed by atoms with van der Waals surface area (Å²) in [6, 6.07) is 10.00. The average molecular weight is 432 g/mol. The van der Waals surface area contributed by atoms with Crippen molar-refractivity contribution < 1.29 is 9.72 Å². The molecule has 0 bridgehead atoms. The number of thiazole rings is 1. The Morgan fingerprint density at radius 3 is 2.71 bits per heavy atom. The van der Waals surface area contributed by atoms with Crippen molar-refractivity contribution >= 4 is 66.2 Å². The molecule has 0 aliphatic rings. The summed E-state index contributed by atoms with van der Waals surface area (Å²) in [5.74, 6) is -0.360. The Morgan fingerprint density at radius 2 is 2.00 bits per heavy atom. The van der Waals surface area contributed by atoms with E-state index in [1.165, 1.54) is 34.8 Å². The molecule has 4 aromatic rings. The summed E-state index contributed by atoms with van der Waals surface area (Å²) in [6.45, 7) is 4.66. The van der Waals surface area contributed by atoms with Gasteiger partial charge in [0, 0.05) is 33.8 Å². The largest absolute Gasteiger partial charge is 0.316 e. The minimum atomic E-state index is -0.447. The maximum atomic E-state index is 12.8. The van der Waals surface area contributed by atoms with Crippen molar-refractivity contribution in [2.75, 3.05) is 0 Å². The lowest BCUT2D eigenvalue weighted by molar-refractivity contribution is -0.384. The lowest BCUT2D eigenvalue weighted by atomic mass is 10.2. The Morgan fingerprint density at radius 1 is 1.21 bits per heavy atom. The molecule has 28 heavy (non-hydrogen) atoms. The molecule has 0 saturated carbocycles. The van der Waals surface area contributed by atoms with Gasteiger partial charge in [0.05, 0.1) is 20.0 Å². The SMILES string of the molecule is CCn1c(=NC(=O)c2cc3cc([N+](=O)[O-])ccc3s2)sc2cc(Cl)cc(C)c21. The monoisotopic (exact) mass is 431 g/mol. The van der Waals surface area contributed by atoms with Crippen LogP contribution in [0.1, 0.15) is 22.2 Å². The molecule has 0 N–H and O–H groups in total. The molecule has 0 atom stereocenters. The fourth-order valence-electron chi connectivity index (χ4n) is 3.15. The van der Waals surface area contributed by atoms with Crippen molar-refractivity contribution in [1.29, 1.82) is 0 Å². The van der Waals surface area contributed by atoms with E-state index in [4.69, 9.17) is 11.6 Å². The van der Waals surface area contributed by atoms with Crippen molar-refractivity contribution in [2.45, 2.75) is 20.4 Å². The maximum Gasteiger partial charge on any atom is 0.289 e. The first-order chi connectivity index (χ1) is 13.4. The molecule has 0 fully saturated rings. The molecule has 6 nitrogen and oxygen atoms in total. The second-order valence-electron chi connectivity index (χ2n) is 6.21. The molecule has 2 heterocycles. The zero-order chi connectivity index (χ0) is 20.0. The van der Waals surface area contributed by atoms with Gasteiger partial charge in [-0.3, -0.25) is 14.9 Å². The summed E-state index contributed by atoms with van der Waals surface area (Å²) in [6.07, 6.45) is 0. The van der Waals surface area contributed by atoms with Crippen LogP contribution in [0.25, 0.3) is 20.3 Å². The molecular formula is C19H14ClN3O3S2. The number of carbonyl (C=O) groups excluding carboxylic acids is 1. The minimum absolute atomic E-state index is 0.00178. The average Bonchev–Trinajstić information content (AvgIpc) is 3.21. The summed E-state index contributed by atoms with van der Waals surface area (Å²) in [5, 5.41) is 12.3. The normalized spacial score (nSPS) is 12.2. The zero-order valence-electron chi connectivity index (χ0n) is 14.9. The number of amides is 1. The molecule has 0 radical (unpaired) electrons. The van der Waals surface area contributed by atoms with E-state index in [1.807, 2.05) is 30.5 Å². The van der Waals surface area contributed by atoms with Crippen LogP contribution in [0.2, 0.25) is 5.02 Å². The molecule has 1 amide bonds. The molecule has 0 unspecified atom stereocenters. The van der Waals surface area contributed by atoms with Gasteiger partial charge in [-0.1, -0.05) is 22.9 Å². The molecule has 2 aromatic carbocycles. The molecule has 2 aromatic heterocycles. The van der Waals surface area contributed by atoms with Crippen LogP contribution in [0.15, 0.2) is 41.4 Å². The van der Waals surface area contributed by atoms with Gasteiger partial charge < -0.3 is 4.57 Å². The molecule has 4 rings (SSSR count). The Labute approximate surface area is 172 Å². The topological polar surface area (TPSA) is 77.5 Å². The van der Waals surface area contributed by atoms with Crippen molar-refractivity contribution in [3.05, 3.63) is 66.8 Å². The van der Waals surface area contributed by atoms with Crippen LogP contribution in [0, 0.1) is 17.0 Å². The number of aromatic nitrogens is 1. The number of aryl methyl sites for hydroxylation is 2. The number of halogens is 1. The number of thiophene rings is 1. The molecule has 9 heteroatoms. The highest BCUT2D eigenvalue weighted by atomic mass is 35.5. The number of rotatable bonds is 3. The molecular weight excluding hydrogens is 418 g/mol. The third kappa shape index (κ3) is 3.23. The van der Waals surface area contributed by atoms with Crippen LogP contribution >= 0.6 is 34.3 Å². The number of non-ortho nitro benzene ring substituents is 1. The molecule has 0 spiro atoms. The first-order valence-electron chi connectivity index (χ1n) is 8.44. The van der Waals surface area contributed by atoms with Crippen LogP contribution < -0.4 is 4.80 Å². The summed E-state index contributed by atoms with van der Waals surface area (Å²) in [4.78, 5) is 28.7. The summed E-state index contributed by atoms with van der Waals surface area (Å²) in [7, 11) is 0. The number of carbonyl (C=O) groups is 1. The van der Waals surface area contributed by atoms with Gasteiger partial charge in [-0.25, -0.2) is 0 Å². The van der Waals surface area contributed by atoms with E-state index in [9.17, 15) is 14.9 Å². The van der Waals surface area contributed by atoms with Gasteiger partial charge >= 0.3 is 0 Å². The minimum Gasteiger partial charge on any atom is -0.316 e. The van der Waals surface area contributed by atoms with Crippen LogP contribution in [-0.4, -0.2) is 15.4 Å². The van der Waals surface area contributed by atoms with Gasteiger partial charge in [-0.15, -0.1) is 11.3 Å². The van der Waals surface area contributed by atoms with Crippen LogP contribution in [0.3, 0.4) is 0 Å². The predicted molar refractivity (Wildman–Crippen MR) is 114 cm³/mol. The predicted octanol–water partition coefficient (Wildman–Crippen LogP) is 5.55. The first kappa shape index (κ1) is 18.8. The van der Waals surface area contributed by atoms with Gasteiger partial charge in [0.25, 0.3) is 11.6 Å². The standard InChI is InChI=1S/C19H14ClN3O3S2/c1-3-22-17-10(2)6-12(20)9-15(17)28-19(22)21-18(24)16-8-11-7-13(23(25)26)4-5-14(11)27-16/h4-9H,3H2,1-2H3. The lowest BCUT2D eigenvalue weighted by Gasteiger charge is -2.03. The fraction of sp³-hybridized carbons (Fsp3) is 0.158. The maximum absolute atomic E-state index is 12.8. The van der Waals surface area contributed by atoms with Gasteiger partial charge in [-0.05, 0) is 43.7 Å². The van der Waals surface area contributed by atoms with Gasteiger partial charge in [0.2, 0.25) is 0 Å². The highest BCUT2D eigenvalue weighted by Gasteiger charge is 2.15. The molecule has 0 saturated heterocycles. The van der Waals surface area contributed by atoms with E-state index < -0.39 is 4.92 Å². The number of fused-ring (bicyclic) bond motifs is 2. The van der Waals surface area contributed by atoms with E-state index in [-0.39, 0.29) is 11.6 Å². The van der Waals surface area contributed by atoms with Gasteiger partial charge in [0.1, 0.15) is 0 Å². The van der Waals surface area contributed by atoms with E-state index in [1.54, 1.807) is 12.1 Å². The zero-order valence-corrected chi connectivity index (χ0v) is 17.3. The molecule has 142 valence electrons. The number of benzene rings is 2. The number of hydrogen-bond acceptors (Lipinski definition) is 5. The highest BCUT2D eigenvalue weighted by Crippen LogP contribution is 2.30. The Balaban J connectivity index is 1.83. The van der Waals surface area contributed by atoms with Crippen molar-refractivity contribution in [2.24, 2.45) is 4.99 Å². The number of hydrogen-bond donors (Lipinski definition) is 0. The summed E-state index contributed by atoms with van der Waals surface area (Å²) < 4.78 is 3.79. The smallest absolute Gasteiger partial charge is 0.289 e. The Kier molecular flexibility index (Phi) is 4.78. The number of nitro benzene ring substituents is 1. The third-order valence-corrected chi connectivity index (χ3v) is 6.71. The molecule has 0 aliphatic carbocycles. The fourth-order valence-corrected chi connectivity index (χ4v) is 5.62. The van der Waals surface area contributed by atoms with Crippen molar-refractivity contribution in [3.8, 4) is 0 Å². The van der Waals surface area contributed by atoms with Crippen LogP contribution in [-0.2, 0) is 6.54 Å². The second-order valence-corrected chi connectivity index (χ2v) is 8.73. The van der Waals surface area contributed by atoms with Gasteiger partial charge in [-0.2, -0.15) is 4.99 Å². The quantitative estimate of drug-likeness (QED) is 0.315. The molecule has 0 aliphatic heterocycles. The second kappa shape index (κ2) is 7.12. The van der Waals surface area contributed by atoms with E-state index in [0.717, 1.165) is 20.5 Å². The number of nitro groups is 1. The highest BCUT2D eigenvalue weighted by molar-refractivity contribution is 7.21. The number of nitrogens with zero attached hydrogens (tertiary/aromatic N) is 3. The first-order valence-corrected chi connectivity index (χ1v) is 10.4. The Bertz CT molecular complexity index is 1330. The van der Waals surface area contributed by atoms with E-state index >= 15 is 0 Å².